The Morgan fingerprint density at radius 1 is 1.47 bits per heavy atom. The van der Waals surface area contributed by atoms with Crippen molar-refractivity contribution in [3.8, 4) is 21.7 Å². The molecular weight excluding hydrogens is 262 g/mol. The summed E-state index contributed by atoms with van der Waals surface area (Å²) >= 11 is 1.52. The molecule has 0 bridgehead atoms. The highest BCUT2D eigenvalue weighted by Crippen LogP contribution is 2.37. The fraction of sp³-hybridized carbons (Fsp3) is 0.0769. The lowest BCUT2D eigenvalue weighted by Gasteiger charge is -2.00. The van der Waals surface area contributed by atoms with Crippen LogP contribution in [0, 0.1) is 6.92 Å². The summed E-state index contributed by atoms with van der Waals surface area (Å²) in [4.78, 5) is 16.0. The number of H-pyrrole nitrogens is 1. The molecule has 0 radical (unpaired) electrons. The number of hydrogen-bond donors (Lipinski definition) is 2. The molecule has 0 saturated carbocycles. The van der Waals surface area contributed by atoms with E-state index in [0.29, 0.717) is 16.8 Å². The van der Waals surface area contributed by atoms with E-state index in [1.807, 2.05) is 24.4 Å². The molecule has 5 nitrogen and oxygen atoms in total. The Hall–Kier alpha value is -2.34. The molecule has 0 saturated heterocycles. The van der Waals surface area contributed by atoms with Gasteiger partial charge < -0.3 is 15.2 Å². The van der Waals surface area contributed by atoms with Crippen LogP contribution >= 0.6 is 11.3 Å². The van der Waals surface area contributed by atoms with Crippen molar-refractivity contribution in [1.82, 2.24) is 10.1 Å². The SMILES string of the molecule is Cc1cc(=O)c(-c2noc(N)c2-c2cccs2)c[nH]1. The topological polar surface area (TPSA) is 84.9 Å². The van der Waals surface area contributed by atoms with Crippen molar-refractivity contribution < 1.29 is 4.52 Å². The predicted octanol–water partition coefficient (Wildman–Crippen LogP) is 2.65. The van der Waals surface area contributed by atoms with Gasteiger partial charge in [0.15, 0.2) is 5.43 Å². The Kier molecular flexibility index (Phi) is 2.72. The normalized spacial score (nSPS) is 10.8. The van der Waals surface area contributed by atoms with E-state index in [1.54, 1.807) is 6.20 Å². The lowest BCUT2D eigenvalue weighted by atomic mass is 10.1. The first kappa shape index (κ1) is 11.7. The van der Waals surface area contributed by atoms with Crippen LogP contribution in [0.4, 0.5) is 5.88 Å². The van der Waals surface area contributed by atoms with E-state index < -0.39 is 0 Å². The molecule has 0 aliphatic heterocycles. The Balaban J connectivity index is 2.25. The molecule has 6 heteroatoms. The zero-order valence-corrected chi connectivity index (χ0v) is 11.0. The molecule has 0 aromatic carbocycles. The van der Waals surface area contributed by atoms with Crippen molar-refractivity contribution in [1.29, 1.82) is 0 Å². The molecule has 0 aliphatic rings. The Bertz CT molecular complexity index is 772. The first-order valence-electron chi connectivity index (χ1n) is 5.65. The van der Waals surface area contributed by atoms with Crippen molar-refractivity contribution in [2.45, 2.75) is 6.92 Å². The van der Waals surface area contributed by atoms with Crippen LogP contribution in [0.1, 0.15) is 5.69 Å². The molecule has 0 spiro atoms. The number of nitrogens with two attached hydrogens (primary N) is 1. The molecule has 3 aromatic heterocycles. The lowest BCUT2D eigenvalue weighted by Crippen LogP contribution is -2.05. The van der Waals surface area contributed by atoms with Crippen LogP contribution in [0.3, 0.4) is 0 Å². The van der Waals surface area contributed by atoms with Gasteiger partial charge in [-0.15, -0.1) is 11.3 Å². The van der Waals surface area contributed by atoms with E-state index in [0.717, 1.165) is 10.6 Å². The summed E-state index contributed by atoms with van der Waals surface area (Å²) in [6.07, 6.45) is 1.63. The van der Waals surface area contributed by atoms with Crippen LogP contribution in [0.15, 0.2) is 39.1 Å². The molecule has 3 heterocycles. The highest BCUT2D eigenvalue weighted by Gasteiger charge is 2.20. The Morgan fingerprint density at radius 3 is 3.00 bits per heavy atom. The summed E-state index contributed by atoms with van der Waals surface area (Å²) in [7, 11) is 0. The summed E-state index contributed by atoms with van der Waals surface area (Å²) in [6.45, 7) is 1.82. The fourth-order valence-corrected chi connectivity index (χ4v) is 2.68. The van der Waals surface area contributed by atoms with Gasteiger partial charge in [-0.05, 0) is 18.4 Å². The van der Waals surface area contributed by atoms with Crippen LogP contribution in [-0.4, -0.2) is 10.1 Å². The largest absolute Gasteiger partial charge is 0.367 e. The Labute approximate surface area is 112 Å². The highest BCUT2D eigenvalue weighted by molar-refractivity contribution is 7.13. The van der Waals surface area contributed by atoms with Gasteiger partial charge in [0.2, 0.25) is 5.88 Å². The number of hydrogen-bond acceptors (Lipinski definition) is 5. The van der Waals surface area contributed by atoms with E-state index in [9.17, 15) is 4.79 Å². The third-order valence-corrected chi connectivity index (χ3v) is 3.69. The molecule has 0 amide bonds. The van der Waals surface area contributed by atoms with Gasteiger partial charge in [-0.3, -0.25) is 4.79 Å². The molecule has 0 unspecified atom stereocenters. The van der Waals surface area contributed by atoms with Crippen LogP contribution in [0.2, 0.25) is 0 Å². The summed E-state index contributed by atoms with van der Waals surface area (Å²) in [5.41, 5.74) is 8.10. The number of anilines is 1. The second-order valence-electron chi connectivity index (χ2n) is 4.14. The van der Waals surface area contributed by atoms with Crippen molar-refractivity contribution >= 4 is 17.2 Å². The third-order valence-electron chi connectivity index (χ3n) is 2.80. The van der Waals surface area contributed by atoms with Gasteiger partial charge in [0.25, 0.3) is 0 Å². The van der Waals surface area contributed by atoms with Crippen molar-refractivity contribution in [2.24, 2.45) is 0 Å². The van der Waals surface area contributed by atoms with Gasteiger partial charge >= 0.3 is 0 Å². The molecule has 19 heavy (non-hydrogen) atoms. The maximum atomic E-state index is 12.0. The van der Waals surface area contributed by atoms with Crippen molar-refractivity contribution in [3.05, 3.63) is 45.7 Å². The number of aromatic amines is 1. The number of aryl methyl sites for hydroxylation is 1. The zero-order chi connectivity index (χ0) is 13.4. The second-order valence-corrected chi connectivity index (χ2v) is 5.09. The summed E-state index contributed by atoms with van der Waals surface area (Å²) in [6, 6.07) is 5.35. The first-order valence-corrected chi connectivity index (χ1v) is 6.53. The minimum Gasteiger partial charge on any atom is -0.367 e. The molecule has 0 aliphatic carbocycles. The standard InChI is InChI=1S/C13H11N3O2S/c1-7-5-9(17)8(6-15-7)12-11(13(14)18-16-12)10-3-2-4-19-10/h2-6H,14H2,1H3,(H,15,17). The molecular formula is C13H11N3O2S. The molecule has 0 atom stereocenters. The molecule has 3 N–H and O–H groups in total. The third kappa shape index (κ3) is 1.96. The highest BCUT2D eigenvalue weighted by atomic mass is 32.1. The number of nitrogens with zero attached hydrogens (tertiary/aromatic N) is 1. The van der Waals surface area contributed by atoms with Gasteiger partial charge in [-0.25, -0.2) is 0 Å². The first-order chi connectivity index (χ1) is 9.16. The fourth-order valence-electron chi connectivity index (χ4n) is 1.90. The minimum atomic E-state index is -0.109. The maximum Gasteiger partial charge on any atom is 0.231 e. The number of nitrogen functional groups attached to an aromatic ring is 1. The summed E-state index contributed by atoms with van der Waals surface area (Å²) in [5.74, 6) is 0.220. The van der Waals surface area contributed by atoms with Crippen LogP contribution < -0.4 is 11.2 Å². The average molecular weight is 273 g/mol. The maximum absolute atomic E-state index is 12.0. The van der Waals surface area contributed by atoms with E-state index in [1.165, 1.54) is 17.4 Å². The van der Waals surface area contributed by atoms with Gasteiger partial charge in [0, 0.05) is 22.8 Å². The molecule has 3 aromatic rings. The molecule has 96 valence electrons. The van der Waals surface area contributed by atoms with E-state index in [2.05, 4.69) is 10.1 Å². The Morgan fingerprint density at radius 2 is 2.32 bits per heavy atom. The number of thiophene rings is 1. The monoisotopic (exact) mass is 273 g/mol. The van der Waals surface area contributed by atoms with E-state index in [-0.39, 0.29) is 11.3 Å². The van der Waals surface area contributed by atoms with Crippen molar-refractivity contribution in [3.63, 3.8) is 0 Å². The second kappa shape index (κ2) is 4.40. The average Bonchev–Trinajstić information content (AvgIpc) is 2.98. The number of pyridine rings is 1. The van der Waals surface area contributed by atoms with Crippen LogP contribution in [0.5, 0.6) is 0 Å². The quantitative estimate of drug-likeness (QED) is 0.751. The van der Waals surface area contributed by atoms with Gasteiger partial charge in [-0.2, -0.15) is 0 Å². The van der Waals surface area contributed by atoms with Crippen LogP contribution in [-0.2, 0) is 0 Å². The number of rotatable bonds is 2. The molecule has 3 rings (SSSR count). The minimum absolute atomic E-state index is 0.109. The smallest absolute Gasteiger partial charge is 0.231 e. The van der Waals surface area contributed by atoms with E-state index >= 15 is 0 Å². The summed E-state index contributed by atoms with van der Waals surface area (Å²) < 4.78 is 5.04. The number of nitrogens with one attached hydrogen (secondary N) is 1. The van der Waals surface area contributed by atoms with Gasteiger partial charge in [0.1, 0.15) is 5.69 Å². The van der Waals surface area contributed by atoms with Crippen LogP contribution in [0.25, 0.3) is 21.7 Å². The predicted molar refractivity (Wildman–Crippen MR) is 75.0 cm³/mol. The lowest BCUT2D eigenvalue weighted by molar-refractivity contribution is 0.439. The molecule has 0 fully saturated rings. The summed E-state index contributed by atoms with van der Waals surface area (Å²) in [5, 5.41) is 5.85. The zero-order valence-electron chi connectivity index (χ0n) is 10.1. The van der Waals surface area contributed by atoms with Gasteiger partial charge in [-0.1, -0.05) is 11.2 Å². The number of aromatic nitrogens is 2. The van der Waals surface area contributed by atoms with Crippen molar-refractivity contribution in [2.75, 3.05) is 5.73 Å². The van der Waals surface area contributed by atoms with Gasteiger partial charge in [0.05, 0.1) is 11.1 Å². The van der Waals surface area contributed by atoms with E-state index in [4.69, 9.17) is 10.3 Å².